The molecule has 1 heterocycles. The predicted octanol–water partition coefficient (Wildman–Crippen LogP) is 2.98. The Balaban J connectivity index is 1.94. The summed E-state index contributed by atoms with van der Waals surface area (Å²) in [7, 11) is -3.70. The van der Waals surface area contributed by atoms with Crippen LogP contribution < -0.4 is 25.2 Å². The smallest absolute Gasteiger partial charge is 0.247 e. The first kappa shape index (κ1) is 25.3. The molecule has 10 heteroatoms. The van der Waals surface area contributed by atoms with Gasteiger partial charge in [-0.3, -0.25) is 9.78 Å². The Labute approximate surface area is 199 Å². The summed E-state index contributed by atoms with van der Waals surface area (Å²) in [5.74, 6) is 0.327. The number of anilines is 1. The average molecular weight is 487 g/mol. The van der Waals surface area contributed by atoms with Crippen molar-refractivity contribution < 1.29 is 22.7 Å². The van der Waals surface area contributed by atoms with Crippen LogP contribution in [0.25, 0.3) is 10.8 Å². The number of rotatable bonds is 11. The van der Waals surface area contributed by atoms with E-state index in [9.17, 15) is 13.2 Å². The van der Waals surface area contributed by atoms with Crippen LogP contribution in [0, 0.1) is 0 Å². The number of primary sulfonamides is 1. The molecule has 2 aromatic carbocycles. The summed E-state index contributed by atoms with van der Waals surface area (Å²) < 4.78 is 34.2. The Hall–Kier alpha value is -3.37. The highest BCUT2D eigenvalue weighted by atomic mass is 32.2. The predicted molar refractivity (Wildman–Crippen MR) is 132 cm³/mol. The van der Waals surface area contributed by atoms with Crippen LogP contribution in [0.3, 0.4) is 0 Å². The topological polar surface area (TPSA) is 133 Å². The number of aromatic nitrogens is 1. The second kappa shape index (κ2) is 11.2. The number of benzene rings is 2. The maximum absolute atomic E-state index is 13.1. The first-order chi connectivity index (χ1) is 16.2. The molecule has 0 spiro atoms. The molecule has 182 valence electrons. The maximum Gasteiger partial charge on any atom is 0.247 e. The molecule has 1 atom stereocenters. The largest absolute Gasteiger partial charge is 0.490 e. The Bertz CT molecular complexity index is 1250. The Morgan fingerprint density at radius 3 is 2.59 bits per heavy atom. The minimum atomic E-state index is -3.70. The summed E-state index contributed by atoms with van der Waals surface area (Å²) in [6, 6.07) is 12.0. The van der Waals surface area contributed by atoms with Crippen LogP contribution in [0.4, 0.5) is 5.69 Å². The lowest BCUT2D eigenvalue weighted by molar-refractivity contribution is -0.121. The number of carbonyl (C=O) groups is 1. The lowest BCUT2D eigenvalue weighted by Crippen LogP contribution is -2.37. The van der Waals surface area contributed by atoms with Crippen molar-refractivity contribution in [2.45, 2.75) is 32.9 Å². The molecule has 0 aliphatic rings. The average Bonchev–Trinajstić information content (AvgIpc) is 2.77. The number of nitrogens with one attached hydrogen (secondary N) is 2. The highest BCUT2D eigenvalue weighted by molar-refractivity contribution is 7.89. The van der Waals surface area contributed by atoms with Gasteiger partial charge in [0.25, 0.3) is 0 Å². The van der Waals surface area contributed by atoms with Crippen LogP contribution in [0.1, 0.15) is 32.4 Å². The zero-order chi connectivity index (χ0) is 24.7. The van der Waals surface area contributed by atoms with Gasteiger partial charge in [0.15, 0.2) is 11.5 Å². The zero-order valence-electron chi connectivity index (χ0n) is 19.4. The molecule has 0 bridgehead atoms. The summed E-state index contributed by atoms with van der Waals surface area (Å²) in [5.41, 5.74) is 1.34. The fourth-order valence-corrected chi connectivity index (χ4v) is 3.77. The van der Waals surface area contributed by atoms with Crippen molar-refractivity contribution in [3.8, 4) is 11.5 Å². The molecule has 0 saturated heterocycles. The number of pyridine rings is 1. The Kier molecular flexibility index (Phi) is 8.30. The van der Waals surface area contributed by atoms with Crippen molar-refractivity contribution in [2.24, 2.45) is 5.14 Å². The monoisotopic (exact) mass is 486 g/mol. The Morgan fingerprint density at radius 1 is 1.09 bits per heavy atom. The van der Waals surface area contributed by atoms with Crippen LogP contribution in [0.5, 0.6) is 11.5 Å². The lowest BCUT2D eigenvalue weighted by Gasteiger charge is -2.22. The van der Waals surface area contributed by atoms with E-state index in [-0.39, 0.29) is 18.4 Å². The maximum atomic E-state index is 13.1. The van der Waals surface area contributed by atoms with Gasteiger partial charge >= 0.3 is 0 Å². The summed E-state index contributed by atoms with van der Waals surface area (Å²) in [5, 5.41) is 12.9. The number of fused-ring (bicyclic) bond motifs is 1. The van der Waals surface area contributed by atoms with E-state index in [0.717, 1.165) is 10.8 Å². The molecule has 9 nitrogen and oxygen atoms in total. The normalized spacial score (nSPS) is 12.4. The molecular weight excluding hydrogens is 456 g/mol. The molecule has 3 rings (SSSR count). The molecule has 1 amide bonds. The van der Waals surface area contributed by atoms with E-state index in [1.807, 2.05) is 45.0 Å². The third-order valence-corrected chi connectivity index (χ3v) is 5.64. The first-order valence-corrected chi connectivity index (χ1v) is 12.7. The first-order valence-electron chi connectivity index (χ1n) is 11.0. The van der Waals surface area contributed by atoms with Gasteiger partial charge in [0.1, 0.15) is 6.04 Å². The fourth-order valence-electron chi connectivity index (χ4n) is 3.38. The molecule has 0 saturated carbocycles. The molecule has 0 fully saturated rings. The number of nitrogens with two attached hydrogens (primary N) is 1. The van der Waals surface area contributed by atoms with Crippen molar-refractivity contribution in [2.75, 3.05) is 24.2 Å². The SMILES string of the molecule is CCOc1cc(C(Nc2ccc3cnccc3c2)C(=O)NCCS(N)(=O)=O)ccc1OC(C)C. The molecular formula is C24H30N4O5S. The lowest BCUT2D eigenvalue weighted by atomic mass is 10.0. The number of carbonyl (C=O) groups excluding carboxylic acids is 1. The van der Waals surface area contributed by atoms with E-state index in [1.165, 1.54) is 0 Å². The third kappa shape index (κ3) is 7.06. The van der Waals surface area contributed by atoms with Gasteiger partial charge in [0.2, 0.25) is 15.9 Å². The minimum Gasteiger partial charge on any atom is -0.490 e. The van der Waals surface area contributed by atoms with E-state index in [2.05, 4.69) is 15.6 Å². The standard InChI is InChI=1S/C24H30N4O5S/c1-4-32-22-14-18(6-8-21(22)33-16(2)3)23(24(29)27-11-12-34(25,30)31)28-20-7-5-19-15-26-10-9-17(19)13-20/h5-10,13-16,23,28H,4,11-12H2,1-3H3,(H,27,29)(H2,25,30,31). The van der Waals surface area contributed by atoms with Crippen molar-refractivity contribution >= 4 is 32.4 Å². The molecule has 4 N–H and O–H groups in total. The van der Waals surface area contributed by atoms with Gasteiger partial charge in [-0.15, -0.1) is 0 Å². The van der Waals surface area contributed by atoms with Crippen molar-refractivity contribution in [3.05, 3.63) is 60.4 Å². The van der Waals surface area contributed by atoms with E-state index < -0.39 is 22.0 Å². The molecule has 0 aliphatic heterocycles. The van der Waals surface area contributed by atoms with Gasteiger partial charge in [-0.1, -0.05) is 12.1 Å². The minimum absolute atomic E-state index is 0.0485. The molecule has 0 radical (unpaired) electrons. The number of hydrogen-bond acceptors (Lipinski definition) is 7. The van der Waals surface area contributed by atoms with Gasteiger partial charge in [0, 0.05) is 30.0 Å². The summed E-state index contributed by atoms with van der Waals surface area (Å²) in [6.45, 7) is 6.02. The molecule has 1 unspecified atom stereocenters. The third-order valence-electron chi connectivity index (χ3n) is 4.86. The van der Waals surface area contributed by atoms with Crippen LogP contribution >= 0.6 is 0 Å². The second-order valence-corrected chi connectivity index (χ2v) is 9.71. The van der Waals surface area contributed by atoms with Crippen LogP contribution in [-0.4, -0.2) is 44.3 Å². The number of hydrogen-bond donors (Lipinski definition) is 3. The number of nitrogens with zero attached hydrogens (tertiary/aromatic N) is 1. The van der Waals surface area contributed by atoms with Crippen LogP contribution in [0.2, 0.25) is 0 Å². The van der Waals surface area contributed by atoms with Crippen LogP contribution in [-0.2, 0) is 14.8 Å². The highest BCUT2D eigenvalue weighted by Gasteiger charge is 2.23. The summed E-state index contributed by atoms with van der Waals surface area (Å²) in [6.07, 6.45) is 3.41. The van der Waals surface area contributed by atoms with Gasteiger partial charge < -0.3 is 20.1 Å². The van der Waals surface area contributed by atoms with Gasteiger partial charge in [-0.2, -0.15) is 0 Å². The van der Waals surface area contributed by atoms with Crippen LogP contribution in [0.15, 0.2) is 54.9 Å². The van der Waals surface area contributed by atoms with Gasteiger partial charge in [0.05, 0.1) is 18.5 Å². The molecule has 0 aliphatic carbocycles. The molecule has 1 aromatic heterocycles. The number of sulfonamides is 1. The number of amides is 1. The molecule has 34 heavy (non-hydrogen) atoms. The highest BCUT2D eigenvalue weighted by Crippen LogP contribution is 2.33. The van der Waals surface area contributed by atoms with Crippen molar-refractivity contribution in [1.82, 2.24) is 10.3 Å². The van der Waals surface area contributed by atoms with E-state index in [4.69, 9.17) is 14.6 Å². The van der Waals surface area contributed by atoms with Gasteiger partial charge in [-0.05, 0) is 62.1 Å². The molecule has 3 aromatic rings. The van der Waals surface area contributed by atoms with E-state index in [1.54, 1.807) is 30.6 Å². The van der Waals surface area contributed by atoms with Gasteiger partial charge in [-0.25, -0.2) is 13.6 Å². The fraction of sp³-hybridized carbons (Fsp3) is 0.333. The van der Waals surface area contributed by atoms with E-state index >= 15 is 0 Å². The summed E-state index contributed by atoms with van der Waals surface area (Å²) >= 11 is 0. The summed E-state index contributed by atoms with van der Waals surface area (Å²) in [4.78, 5) is 17.3. The number of ether oxygens (including phenoxy) is 2. The van der Waals surface area contributed by atoms with Crippen molar-refractivity contribution in [1.29, 1.82) is 0 Å². The second-order valence-electron chi connectivity index (χ2n) is 7.98. The van der Waals surface area contributed by atoms with Crippen molar-refractivity contribution in [3.63, 3.8) is 0 Å². The Morgan fingerprint density at radius 2 is 1.88 bits per heavy atom. The van der Waals surface area contributed by atoms with E-state index in [0.29, 0.717) is 29.4 Å². The quantitative estimate of drug-likeness (QED) is 0.379. The zero-order valence-corrected chi connectivity index (χ0v) is 20.3.